The van der Waals surface area contributed by atoms with Gasteiger partial charge in [-0.15, -0.1) is 0 Å². The lowest BCUT2D eigenvalue weighted by atomic mass is 9.90. The van der Waals surface area contributed by atoms with Crippen LogP contribution in [0, 0.1) is 0 Å². The molecule has 4 N–H and O–H groups in total. The molecular weight excluding hydrogens is 403 g/mol. The maximum atomic E-state index is 12.9. The van der Waals surface area contributed by atoms with Crippen molar-refractivity contribution in [3.63, 3.8) is 0 Å². The van der Waals surface area contributed by atoms with Crippen molar-refractivity contribution in [2.45, 2.75) is 57.1 Å². The molecule has 0 aromatic heterocycles. The Kier molecular flexibility index (Phi) is 7.67. The molecule has 1 saturated carbocycles. The van der Waals surface area contributed by atoms with Gasteiger partial charge in [0.05, 0.1) is 6.16 Å². The summed E-state index contributed by atoms with van der Waals surface area (Å²) in [5.74, 6) is 0. The normalized spacial score (nSPS) is 19.3. The van der Waals surface area contributed by atoms with Crippen LogP contribution in [-0.4, -0.2) is 32.9 Å². The Hall–Kier alpha value is -2.18. The van der Waals surface area contributed by atoms with E-state index in [0.717, 1.165) is 36.8 Å². The monoisotopic (exact) mass is 432 g/mol. The van der Waals surface area contributed by atoms with E-state index in [4.69, 9.17) is 20.3 Å². The molecule has 0 heterocycles. The van der Waals surface area contributed by atoms with Crippen LogP contribution in [0.25, 0.3) is 0 Å². The molecule has 8 heteroatoms. The molecule has 0 aliphatic heterocycles. The minimum Gasteiger partial charge on any atom is -0.445 e. The predicted octanol–water partition coefficient (Wildman–Crippen LogP) is 3.77. The summed E-state index contributed by atoms with van der Waals surface area (Å²) in [5, 5.41) is 0. The SMILES string of the molecule is NC1CCC(N(Cc2ccc(CP(=O)(O)O)cc2)C(=O)OCc2ccccc2)CC1. The number of nitrogens with two attached hydrogens (primary N) is 1. The molecule has 7 nitrogen and oxygen atoms in total. The number of carbonyl (C=O) groups is 1. The van der Waals surface area contributed by atoms with Crippen molar-refractivity contribution < 1.29 is 23.9 Å². The third-order valence-electron chi connectivity index (χ3n) is 5.39. The van der Waals surface area contributed by atoms with Crippen LogP contribution >= 0.6 is 7.60 Å². The Balaban J connectivity index is 1.69. The Morgan fingerprint density at radius 2 is 1.57 bits per heavy atom. The average molecular weight is 432 g/mol. The zero-order valence-electron chi connectivity index (χ0n) is 16.9. The van der Waals surface area contributed by atoms with Crippen molar-refractivity contribution >= 4 is 13.7 Å². The Morgan fingerprint density at radius 3 is 2.17 bits per heavy atom. The van der Waals surface area contributed by atoms with Crippen molar-refractivity contribution in [1.82, 2.24) is 4.90 Å². The largest absolute Gasteiger partial charge is 0.445 e. The van der Waals surface area contributed by atoms with E-state index in [1.807, 2.05) is 30.3 Å². The van der Waals surface area contributed by atoms with E-state index in [9.17, 15) is 9.36 Å². The second-order valence-electron chi connectivity index (χ2n) is 7.88. The molecule has 3 rings (SSSR count). The number of amides is 1. The first-order valence-electron chi connectivity index (χ1n) is 10.2. The molecular formula is C22H29N2O5P. The number of hydrogen-bond acceptors (Lipinski definition) is 4. The summed E-state index contributed by atoms with van der Waals surface area (Å²) in [5.41, 5.74) is 8.41. The van der Waals surface area contributed by atoms with Gasteiger partial charge in [0.15, 0.2) is 0 Å². The van der Waals surface area contributed by atoms with Crippen molar-refractivity contribution in [3.8, 4) is 0 Å². The summed E-state index contributed by atoms with van der Waals surface area (Å²) in [6.45, 7) is 0.591. The molecule has 1 amide bonds. The van der Waals surface area contributed by atoms with Crippen LogP contribution in [-0.2, 0) is 28.6 Å². The number of nitrogens with zero attached hydrogens (tertiary/aromatic N) is 1. The second kappa shape index (κ2) is 10.2. The molecule has 0 atom stereocenters. The molecule has 30 heavy (non-hydrogen) atoms. The van der Waals surface area contributed by atoms with Gasteiger partial charge in [-0.1, -0.05) is 54.6 Å². The highest BCUT2D eigenvalue weighted by Crippen LogP contribution is 2.39. The Morgan fingerprint density at radius 1 is 0.967 bits per heavy atom. The topological polar surface area (TPSA) is 113 Å². The smallest absolute Gasteiger partial charge is 0.410 e. The van der Waals surface area contributed by atoms with E-state index in [1.165, 1.54) is 0 Å². The minimum atomic E-state index is -4.11. The summed E-state index contributed by atoms with van der Waals surface area (Å²) in [6.07, 6.45) is 2.74. The zero-order valence-corrected chi connectivity index (χ0v) is 17.8. The fraction of sp³-hybridized carbons (Fsp3) is 0.409. The fourth-order valence-electron chi connectivity index (χ4n) is 3.74. The van der Waals surface area contributed by atoms with Gasteiger partial charge in [-0.25, -0.2) is 4.79 Å². The van der Waals surface area contributed by atoms with Gasteiger partial charge in [0.1, 0.15) is 6.61 Å². The fourth-order valence-corrected chi connectivity index (χ4v) is 4.43. The van der Waals surface area contributed by atoms with Crippen LogP contribution in [0.15, 0.2) is 54.6 Å². The first kappa shape index (κ1) is 22.5. The number of ether oxygens (including phenoxy) is 1. The van der Waals surface area contributed by atoms with E-state index in [1.54, 1.807) is 29.2 Å². The van der Waals surface area contributed by atoms with Gasteiger partial charge >= 0.3 is 13.7 Å². The minimum absolute atomic E-state index is 0.0582. The Bertz CT molecular complexity index is 861. The lowest BCUT2D eigenvalue weighted by Crippen LogP contribution is -2.44. The maximum absolute atomic E-state index is 12.9. The highest BCUT2D eigenvalue weighted by Gasteiger charge is 2.29. The summed E-state index contributed by atoms with van der Waals surface area (Å²) < 4.78 is 16.8. The van der Waals surface area contributed by atoms with Crippen LogP contribution < -0.4 is 5.73 Å². The zero-order chi connectivity index (χ0) is 21.6. The molecule has 162 valence electrons. The molecule has 1 aliphatic rings. The number of benzene rings is 2. The average Bonchev–Trinajstić information content (AvgIpc) is 2.72. The predicted molar refractivity (Wildman–Crippen MR) is 115 cm³/mol. The first-order chi connectivity index (χ1) is 14.3. The van der Waals surface area contributed by atoms with Gasteiger partial charge in [-0.3, -0.25) is 4.57 Å². The summed E-state index contributed by atoms with van der Waals surface area (Å²) in [7, 11) is -4.11. The molecule has 0 spiro atoms. The van der Waals surface area contributed by atoms with Crippen LogP contribution in [0.4, 0.5) is 4.79 Å². The van der Waals surface area contributed by atoms with Crippen molar-refractivity contribution in [2.24, 2.45) is 5.73 Å². The molecule has 2 aromatic rings. The van der Waals surface area contributed by atoms with E-state index in [-0.39, 0.29) is 30.9 Å². The number of carbonyl (C=O) groups excluding carboxylic acids is 1. The van der Waals surface area contributed by atoms with E-state index >= 15 is 0 Å². The second-order valence-corrected chi connectivity index (χ2v) is 9.52. The lowest BCUT2D eigenvalue weighted by molar-refractivity contribution is 0.0669. The summed E-state index contributed by atoms with van der Waals surface area (Å²) in [4.78, 5) is 33.0. The Labute approximate surface area is 177 Å². The summed E-state index contributed by atoms with van der Waals surface area (Å²) >= 11 is 0. The molecule has 0 bridgehead atoms. The molecule has 1 aliphatic carbocycles. The van der Waals surface area contributed by atoms with Crippen molar-refractivity contribution in [2.75, 3.05) is 0 Å². The highest BCUT2D eigenvalue weighted by atomic mass is 31.2. The number of hydrogen-bond donors (Lipinski definition) is 3. The standard InChI is InChI=1S/C22H29N2O5P/c23-20-10-12-21(13-11-20)24(22(25)29-15-18-4-2-1-3-5-18)14-17-6-8-19(9-7-17)16-30(26,27)28/h1-9,20-21H,10-16,23H2,(H2,26,27,28). The van der Waals surface area contributed by atoms with Crippen molar-refractivity contribution in [3.05, 3.63) is 71.3 Å². The third-order valence-corrected chi connectivity index (χ3v) is 6.16. The van der Waals surface area contributed by atoms with Crippen LogP contribution in [0.2, 0.25) is 0 Å². The molecule has 0 radical (unpaired) electrons. The highest BCUT2D eigenvalue weighted by molar-refractivity contribution is 7.50. The van der Waals surface area contributed by atoms with Gasteiger partial charge in [0.2, 0.25) is 0 Å². The molecule has 0 saturated heterocycles. The van der Waals surface area contributed by atoms with Crippen LogP contribution in [0.1, 0.15) is 42.4 Å². The van der Waals surface area contributed by atoms with Gasteiger partial charge in [-0.2, -0.15) is 0 Å². The molecule has 0 unspecified atom stereocenters. The van der Waals surface area contributed by atoms with Gasteiger partial charge in [-0.05, 0) is 42.4 Å². The van der Waals surface area contributed by atoms with E-state index in [2.05, 4.69) is 0 Å². The quantitative estimate of drug-likeness (QED) is 0.574. The summed E-state index contributed by atoms with van der Waals surface area (Å²) in [6, 6.07) is 16.8. The third kappa shape index (κ3) is 6.96. The van der Waals surface area contributed by atoms with Crippen LogP contribution in [0.5, 0.6) is 0 Å². The van der Waals surface area contributed by atoms with Crippen molar-refractivity contribution in [1.29, 1.82) is 0 Å². The molecule has 2 aromatic carbocycles. The van der Waals surface area contributed by atoms with E-state index < -0.39 is 7.60 Å². The lowest BCUT2D eigenvalue weighted by Gasteiger charge is -2.35. The maximum Gasteiger partial charge on any atom is 0.410 e. The van der Waals surface area contributed by atoms with E-state index in [0.29, 0.717) is 12.1 Å². The van der Waals surface area contributed by atoms with Gasteiger partial charge < -0.3 is 25.2 Å². The van der Waals surface area contributed by atoms with Crippen LogP contribution in [0.3, 0.4) is 0 Å². The first-order valence-corrected chi connectivity index (χ1v) is 12.0. The molecule has 1 fully saturated rings. The van der Waals surface area contributed by atoms with Gasteiger partial charge in [0, 0.05) is 18.6 Å². The number of rotatable bonds is 7. The van der Waals surface area contributed by atoms with Gasteiger partial charge in [0.25, 0.3) is 0 Å².